The molecule has 1 aromatic carbocycles. The summed E-state index contributed by atoms with van der Waals surface area (Å²) in [4.78, 5) is 49.1. The van der Waals surface area contributed by atoms with Crippen LogP contribution in [0.1, 0.15) is 28.4 Å². The van der Waals surface area contributed by atoms with Crippen molar-refractivity contribution in [3.8, 4) is 11.5 Å². The standard InChI is InChI=1S/C19H23NO10S/c1-4-28-19(26)30-14-6-29-18(25)15-9(2)12(21)5-13(22)10(15)7-31-8-11(17(24)27-3)20-16(14)23/h5,11,14,21-22H,4,6-8H2,1-3H3,(H,20,23)/t11-,14-/m0/s1. The van der Waals surface area contributed by atoms with Gasteiger partial charge in [-0.3, -0.25) is 4.79 Å². The van der Waals surface area contributed by atoms with Crippen LogP contribution < -0.4 is 5.32 Å². The van der Waals surface area contributed by atoms with Gasteiger partial charge in [-0.05, 0) is 13.8 Å². The second-order valence-corrected chi connectivity index (χ2v) is 7.41. The molecular formula is C19H23NO10S. The van der Waals surface area contributed by atoms with E-state index in [1.807, 2.05) is 0 Å². The van der Waals surface area contributed by atoms with Crippen molar-refractivity contribution in [2.75, 3.05) is 26.1 Å². The molecule has 0 bridgehead atoms. The number of hydrogen-bond donors (Lipinski definition) is 3. The van der Waals surface area contributed by atoms with E-state index in [-0.39, 0.29) is 46.3 Å². The highest BCUT2D eigenvalue weighted by Gasteiger charge is 2.32. The normalized spacial score (nSPS) is 19.6. The number of hydrogen-bond acceptors (Lipinski definition) is 11. The molecule has 2 rings (SSSR count). The van der Waals surface area contributed by atoms with Crippen LogP contribution in [0.15, 0.2) is 6.07 Å². The zero-order valence-electron chi connectivity index (χ0n) is 17.1. The van der Waals surface area contributed by atoms with Crippen LogP contribution in [-0.4, -0.2) is 72.4 Å². The number of ether oxygens (including phenoxy) is 4. The second-order valence-electron chi connectivity index (χ2n) is 6.38. The number of esters is 2. The number of fused-ring (bicyclic) bond motifs is 1. The van der Waals surface area contributed by atoms with Gasteiger partial charge < -0.3 is 34.5 Å². The number of cyclic esters (lactones) is 1. The Bertz CT molecular complexity index is 872. The molecule has 1 aliphatic heterocycles. The van der Waals surface area contributed by atoms with Crippen molar-refractivity contribution in [1.29, 1.82) is 0 Å². The summed E-state index contributed by atoms with van der Waals surface area (Å²) in [5.74, 6) is -3.13. The number of benzene rings is 1. The molecule has 3 N–H and O–H groups in total. The number of methoxy groups -OCH3 is 1. The van der Waals surface area contributed by atoms with Crippen molar-refractivity contribution < 1.29 is 48.3 Å². The van der Waals surface area contributed by atoms with Gasteiger partial charge in [0.1, 0.15) is 24.1 Å². The fourth-order valence-electron chi connectivity index (χ4n) is 2.74. The van der Waals surface area contributed by atoms with Gasteiger partial charge in [-0.1, -0.05) is 0 Å². The van der Waals surface area contributed by atoms with E-state index >= 15 is 0 Å². The first-order valence-electron chi connectivity index (χ1n) is 9.20. The van der Waals surface area contributed by atoms with Gasteiger partial charge >= 0.3 is 18.1 Å². The molecule has 2 atom stereocenters. The van der Waals surface area contributed by atoms with Gasteiger partial charge in [-0.2, -0.15) is 11.8 Å². The zero-order chi connectivity index (χ0) is 23.1. The number of amides is 1. The third kappa shape index (κ3) is 5.94. The first kappa shape index (κ1) is 24.1. The van der Waals surface area contributed by atoms with Crippen molar-refractivity contribution in [3.05, 3.63) is 22.8 Å². The summed E-state index contributed by atoms with van der Waals surface area (Å²) >= 11 is 1.12. The molecule has 0 unspecified atom stereocenters. The van der Waals surface area contributed by atoms with Crippen molar-refractivity contribution >= 4 is 35.8 Å². The average molecular weight is 457 g/mol. The summed E-state index contributed by atoms with van der Waals surface area (Å²) < 4.78 is 19.4. The predicted molar refractivity (Wildman–Crippen MR) is 107 cm³/mol. The topological polar surface area (TPSA) is 158 Å². The van der Waals surface area contributed by atoms with E-state index in [2.05, 4.69) is 10.1 Å². The van der Waals surface area contributed by atoms with E-state index in [1.54, 1.807) is 0 Å². The maximum atomic E-state index is 12.7. The molecule has 0 aromatic heterocycles. The number of carbonyl (C=O) groups excluding carboxylic acids is 4. The summed E-state index contributed by atoms with van der Waals surface area (Å²) in [6.07, 6.45) is -2.78. The number of phenolic OH excluding ortho intramolecular Hbond substituents is 2. The third-order valence-electron chi connectivity index (χ3n) is 4.34. The van der Waals surface area contributed by atoms with Crippen LogP contribution in [-0.2, 0) is 34.3 Å². The lowest BCUT2D eigenvalue weighted by Gasteiger charge is -2.23. The van der Waals surface area contributed by atoms with Crippen LogP contribution in [0.25, 0.3) is 0 Å². The van der Waals surface area contributed by atoms with Crippen LogP contribution in [0.3, 0.4) is 0 Å². The highest BCUT2D eigenvalue weighted by atomic mass is 32.2. The van der Waals surface area contributed by atoms with E-state index in [0.717, 1.165) is 24.9 Å². The molecule has 1 heterocycles. The molecule has 0 radical (unpaired) electrons. The molecule has 11 nitrogen and oxygen atoms in total. The summed E-state index contributed by atoms with van der Waals surface area (Å²) in [5, 5.41) is 22.6. The molecule has 31 heavy (non-hydrogen) atoms. The molecular weight excluding hydrogens is 434 g/mol. The van der Waals surface area contributed by atoms with E-state index in [4.69, 9.17) is 14.2 Å². The summed E-state index contributed by atoms with van der Waals surface area (Å²) in [6.45, 7) is 2.28. The van der Waals surface area contributed by atoms with Gasteiger partial charge in [-0.15, -0.1) is 0 Å². The second kappa shape index (κ2) is 10.8. The highest BCUT2D eigenvalue weighted by molar-refractivity contribution is 7.98. The van der Waals surface area contributed by atoms with Gasteiger partial charge in [0.2, 0.25) is 6.10 Å². The van der Waals surface area contributed by atoms with Gasteiger partial charge in [-0.25, -0.2) is 14.4 Å². The highest BCUT2D eigenvalue weighted by Crippen LogP contribution is 2.35. The Morgan fingerprint density at radius 2 is 2.00 bits per heavy atom. The minimum atomic E-state index is -1.62. The Balaban J connectivity index is 2.43. The summed E-state index contributed by atoms with van der Waals surface area (Å²) in [7, 11) is 1.15. The summed E-state index contributed by atoms with van der Waals surface area (Å²) in [6, 6.07) is -0.00478. The van der Waals surface area contributed by atoms with Crippen LogP contribution in [0.2, 0.25) is 0 Å². The average Bonchev–Trinajstić information content (AvgIpc) is 2.72. The lowest BCUT2D eigenvalue weighted by molar-refractivity contribution is -0.146. The Hall–Kier alpha value is -3.15. The minimum absolute atomic E-state index is 0.0144. The van der Waals surface area contributed by atoms with Gasteiger partial charge in [0.05, 0.1) is 19.3 Å². The Labute approximate surface area is 182 Å². The quantitative estimate of drug-likeness (QED) is 0.439. The summed E-state index contributed by atoms with van der Waals surface area (Å²) in [5.41, 5.74) is 0.256. The molecule has 1 aromatic rings. The lowest BCUT2D eigenvalue weighted by Crippen LogP contribution is -2.50. The molecule has 0 saturated heterocycles. The van der Waals surface area contributed by atoms with E-state index < -0.39 is 42.8 Å². The minimum Gasteiger partial charge on any atom is -0.508 e. The number of phenols is 2. The third-order valence-corrected chi connectivity index (χ3v) is 5.40. The first-order chi connectivity index (χ1) is 14.7. The largest absolute Gasteiger partial charge is 0.509 e. The number of aromatic hydroxyl groups is 2. The SMILES string of the molecule is CCOC(=O)O[C@H]1COC(=O)c2c(C)c(O)cc(O)c2CSC[C@@H](C(=O)OC)NC1=O. The van der Waals surface area contributed by atoms with E-state index in [1.165, 1.54) is 13.8 Å². The number of rotatable bonds is 3. The number of thioether (sulfide) groups is 1. The van der Waals surface area contributed by atoms with Crippen molar-refractivity contribution in [3.63, 3.8) is 0 Å². The fourth-order valence-corrected chi connectivity index (χ4v) is 3.81. The lowest BCUT2D eigenvalue weighted by atomic mass is 10.0. The Morgan fingerprint density at radius 1 is 1.29 bits per heavy atom. The molecule has 1 amide bonds. The van der Waals surface area contributed by atoms with Crippen molar-refractivity contribution in [2.45, 2.75) is 31.7 Å². The van der Waals surface area contributed by atoms with Gasteiger partial charge in [0, 0.05) is 28.7 Å². The Morgan fingerprint density at radius 3 is 2.65 bits per heavy atom. The molecule has 0 saturated carbocycles. The molecule has 0 aliphatic carbocycles. The van der Waals surface area contributed by atoms with Gasteiger partial charge in [0.25, 0.3) is 5.91 Å². The number of nitrogens with one attached hydrogen (secondary N) is 1. The zero-order valence-corrected chi connectivity index (χ0v) is 17.9. The van der Waals surface area contributed by atoms with Gasteiger partial charge in [0.15, 0.2) is 0 Å². The van der Waals surface area contributed by atoms with E-state index in [0.29, 0.717) is 0 Å². The number of carbonyl (C=O) groups is 4. The Kier molecular flexibility index (Phi) is 8.37. The molecule has 1 aliphatic rings. The van der Waals surface area contributed by atoms with Crippen molar-refractivity contribution in [2.24, 2.45) is 0 Å². The van der Waals surface area contributed by atoms with Crippen LogP contribution in [0, 0.1) is 6.92 Å². The smallest absolute Gasteiger partial charge is 0.508 e. The monoisotopic (exact) mass is 457 g/mol. The van der Waals surface area contributed by atoms with E-state index in [9.17, 15) is 29.4 Å². The van der Waals surface area contributed by atoms with Crippen LogP contribution in [0.5, 0.6) is 11.5 Å². The maximum absolute atomic E-state index is 12.7. The molecule has 0 spiro atoms. The first-order valence-corrected chi connectivity index (χ1v) is 10.4. The molecule has 0 fully saturated rings. The van der Waals surface area contributed by atoms with Crippen LogP contribution in [0.4, 0.5) is 4.79 Å². The van der Waals surface area contributed by atoms with Crippen LogP contribution >= 0.6 is 11.8 Å². The predicted octanol–water partition coefficient (Wildman–Crippen LogP) is 1.01. The molecule has 12 heteroatoms. The van der Waals surface area contributed by atoms with Crippen molar-refractivity contribution in [1.82, 2.24) is 5.32 Å². The molecule has 170 valence electrons. The fraction of sp³-hybridized carbons (Fsp3) is 0.474. The maximum Gasteiger partial charge on any atom is 0.509 e.